The quantitative estimate of drug-likeness (QED) is 0.379. The summed E-state index contributed by atoms with van der Waals surface area (Å²) in [5, 5.41) is 0. The molecule has 0 aliphatic heterocycles. The van der Waals surface area contributed by atoms with Crippen LogP contribution in [0.1, 0.15) is 98.3 Å². The molecule has 0 aromatic carbocycles. The molecule has 0 aromatic rings. The fourth-order valence-electron chi connectivity index (χ4n) is 6.90. The molecule has 0 bridgehead atoms. The van der Waals surface area contributed by atoms with Crippen LogP contribution in [0.25, 0.3) is 0 Å². The lowest BCUT2D eigenvalue weighted by Crippen LogP contribution is -2.36. The van der Waals surface area contributed by atoms with E-state index in [1.807, 2.05) is 0 Å². The minimum Gasteiger partial charge on any atom is -0.264 e. The van der Waals surface area contributed by atoms with E-state index in [1.54, 1.807) is 5.57 Å². The van der Waals surface area contributed by atoms with Crippen LogP contribution in [0.5, 0.6) is 0 Å². The van der Waals surface area contributed by atoms with Crippen molar-refractivity contribution in [2.24, 2.45) is 29.1 Å². The van der Waals surface area contributed by atoms with Gasteiger partial charge in [-0.3, -0.25) is 4.55 Å². The molecule has 3 saturated carbocycles. The molecule has 5 heteroatoms. The molecule has 3 rings (SSSR count). The number of rotatable bonds is 8. The zero-order valence-corrected chi connectivity index (χ0v) is 21.4. The average molecular weight is 465 g/mol. The number of fused-ring (bicyclic) bond motifs is 1. The second kappa shape index (κ2) is 10.6. The molecule has 5 unspecified atom stereocenters. The van der Waals surface area contributed by atoms with Gasteiger partial charge in [0.25, 0.3) is 0 Å². The molecule has 1 N–H and O–H groups in total. The fraction of sp³-hybridized carbons (Fsp3) is 0.778. The SMILES string of the molecule is C=C1CCC(OS(=O)(=O)O)C/C1=C/C=C1\CCCC2(C)C1CCC2C(C)CCCC(C)C. The number of allylic oxidation sites excluding steroid dienone is 4. The molecular formula is C27H44O4S. The Kier molecular flexibility index (Phi) is 8.49. The summed E-state index contributed by atoms with van der Waals surface area (Å²) in [5.74, 6) is 3.06. The Morgan fingerprint density at radius 2 is 1.91 bits per heavy atom. The van der Waals surface area contributed by atoms with Gasteiger partial charge in [0.1, 0.15) is 0 Å². The largest absolute Gasteiger partial charge is 0.397 e. The summed E-state index contributed by atoms with van der Waals surface area (Å²) < 4.78 is 36.1. The molecule has 3 aliphatic rings. The Morgan fingerprint density at radius 1 is 1.16 bits per heavy atom. The van der Waals surface area contributed by atoms with Crippen LogP contribution in [-0.2, 0) is 14.6 Å². The molecule has 4 nitrogen and oxygen atoms in total. The Balaban J connectivity index is 1.70. The Labute approximate surface area is 196 Å². The maximum absolute atomic E-state index is 11.1. The number of hydrogen-bond donors (Lipinski definition) is 1. The molecule has 0 spiro atoms. The van der Waals surface area contributed by atoms with Gasteiger partial charge in [-0.25, -0.2) is 4.18 Å². The van der Waals surface area contributed by atoms with Crippen LogP contribution in [0.3, 0.4) is 0 Å². The van der Waals surface area contributed by atoms with Crippen molar-refractivity contribution in [1.82, 2.24) is 0 Å². The van der Waals surface area contributed by atoms with Gasteiger partial charge in [0.15, 0.2) is 0 Å². The van der Waals surface area contributed by atoms with Gasteiger partial charge >= 0.3 is 10.4 Å². The maximum atomic E-state index is 11.1. The van der Waals surface area contributed by atoms with Crippen LogP contribution >= 0.6 is 0 Å². The first-order chi connectivity index (χ1) is 15.0. The van der Waals surface area contributed by atoms with Crippen molar-refractivity contribution in [3.05, 3.63) is 35.5 Å². The van der Waals surface area contributed by atoms with E-state index >= 15 is 0 Å². The van der Waals surface area contributed by atoms with Gasteiger partial charge in [-0.05, 0) is 79.6 Å². The van der Waals surface area contributed by atoms with Crippen molar-refractivity contribution >= 4 is 10.4 Å². The van der Waals surface area contributed by atoms with Crippen molar-refractivity contribution in [1.29, 1.82) is 0 Å². The topological polar surface area (TPSA) is 63.6 Å². The van der Waals surface area contributed by atoms with E-state index < -0.39 is 16.5 Å². The van der Waals surface area contributed by atoms with Crippen molar-refractivity contribution < 1.29 is 17.2 Å². The summed E-state index contributed by atoms with van der Waals surface area (Å²) in [5.41, 5.74) is 4.08. The smallest absolute Gasteiger partial charge is 0.264 e. The molecule has 3 fully saturated rings. The van der Waals surface area contributed by atoms with Crippen LogP contribution in [0.4, 0.5) is 0 Å². The Morgan fingerprint density at radius 3 is 2.59 bits per heavy atom. The van der Waals surface area contributed by atoms with Gasteiger partial charge in [0, 0.05) is 6.42 Å². The highest BCUT2D eigenvalue weighted by atomic mass is 32.3. The molecule has 0 heterocycles. The summed E-state index contributed by atoms with van der Waals surface area (Å²) in [7, 11) is -4.42. The first kappa shape index (κ1) is 25.7. The number of hydrogen-bond acceptors (Lipinski definition) is 3. The van der Waals surface area contributed by atoms with E-state index in [0.29, 0.717) is 30.6 Å². The minimum absolute atomic E-state index is 0.403. The Bertz CT molecular complexity index is 838. The third-order valence-corrected chi connectivity index (χ3v) is 9.11. The molecule has 0 radical (unpaired) electrons. The predicted molar refractivity (Wildman–Crippen MR) is 132 cm³/mol. The molecule has 182 valence electrons. The summed E-state index contributed by atoms with van der Waals surface area (Å²) in [6, 6.07) is 0. The monoisotopic (exact) mass is 464 g/mol. The molecule has 32 heavy (non-hydrogen) atoms. The third-order valence-electron chi connectivity index (χ3n) is 8.59. The van der Waals surface area contributed by atoms with E-state index in [1.165, 1.54) is 44.9 Å². The summed E-state index contributed by atoms with van der Waals surface area (Å²) in [6.07, 6.45) is 16.1. The summed E-state index contributed by atoms with van der Waals surface area (Å²) in [6.45, 7) is 13.9. The van der Waals surface area contributed by atoms with Gasteiger partial charge in [0.2, 0.25) is 0 Å². The molecule has 0 amide bonds. The molecule has 5 atom stereocenters. The third kappa shape index (κ3) is 6.36. The lowest BCUT2D eigenvalue weighted by molar-refractivity contribution is 0.0929. The van der Waals surface area contributed by atoms with Gasteiger partial charge in [-0.2, -0.15) is 8.42 Å². The molecule has 0 aromatic heterocycles. The maximum Gasteiger partial charge on any atom is 0.397 e. The van der Waals surface area contributed by atoms with Crippen molar-refractivity contribution in [3.8, 4) is 0 Å². The molecule has 3 aliphatic carbocycles. The highest BCUT2D eigenvalue weighted by molar-refractivity contribution is 7.80. The van der Waals surface area contributed by atoms with E-state index in [0.717, 1.165) is 35.3 Å². The second-order valence-corrected chi connectivity index (χ2v) is 12.4. The van der Waals surface area contributed by atoms with E-state index in [2.05, 4.69) is 46.4 Å². The first-order valence-electron chi connectivity index (χ1n) is 12.7. The summed E-state index contributed by atoms with van der Waals surface area (Å²) >= 11 is 0. The van der Waals surface area contributed by atoms with Gasteiger partial charge in [0.05, 0.1) is 6.10 Å². The lowest BCUT2D eigenvalue weighted by Gasteiger charge is -2.44. The van der Waals surface area contributed by atoms with Crippen LogP contribution in [0.15, 0.2) is 35.5 Å². The highest BCUT2D eigenvalue weighted by Gasteiger charge is 2.50. The standard InChI is InChI=1S/C27H44O4S/c1-19(2)8-6-9-21(4)25-15-16-26-22(10-7-17-27(25,26)5)12-13-23-18-24(14-11-20(23)3)31-32(28,29)30/h12-13,19,21,24-26H,3,6-11,14-18H2,1-2,4-5H3,(H,28,29,30)/b22-12+,23-13-. The van der Waals surface area contributed by atoms with Crippen LogP contribution < -0.4 is 0 Å². The first-order valence-corrected chi connectivity index (χ1v) is 14.1. The lowest BCUT2D eigenvalue weighted by atomic mass is 9.60. The van der Waals surface area contributed by atoms with Gasteiger partial charge < -0.3 is 0 Å². The van der Waals surface area contributed by atoms with Crippen LogP contribution in [0, 0.1) is 29.1 Å². The van der Waals surface area contributed by atoms with Crippen LogP contribution in [-0.4, -0.2) is 19.1 Å². The van der Waals surface area contributed by atoms with Gasteiger partial charge in [-0.15, -0.1) is 0 Å². The van der Waals surface area contributed by atoms with E-state index in [4.69, 9.17) is 8.74 Å². The fourth-order valence-corrected chi connectivity index (χ4v) is 7.41. The second-order valence-electron chi connectivity index (χ2n) is 11.3. The normalized spacial score (nSPS) is 34.9. The molecular weight excluding hydrogens is 420 g/mol. The highest BCUT2D eigenvalue weighted by Crippen LogP contribution is 2.60. The van der Waals surface area contributed by atoms with Crippen molar-refractivity contribution in [3.63, 3.8) is 0 Å². The van der Waals surface area contributed by atoms with Crippen molar-refractivity contribution in [2.75, 3.05) is 0 Å². The van der Waals surface area contributed by atoms with Crippen LogP contribution in [0.2, 0.25) is 0 Å². The average Bonchev–Trinajstić information content (AvgIpc) is 3.04. The van der Waals surface area contributed by atoms with E-state index in [9.17, 15) is 8.42 Å². The zero-order chi connectivity index (χ0) is 23.5. The van der Waals surface area contributed by atoms with Gasteiger partial charge in [-0.1, -0.05) is 76.8 Å². The zero-order valence-electron chi connectivity index (χ0n) is 20.6. The summed E-state index contributed by atoms with van der Waals surface area (Å²) in [4.78, 5) is 0. The Hall–Kier alpha value is -0.910. The minimum atomic E-state index is -4.42. The van der Waals surface area contributed by atoms with Crippen molar-refractivity contribution in [2.45, 2.75) is 104 Å². The molecule has 0 saturated heterocycles. The van der Waals surface area contributed by atoms with E-state index in [-0.39, 0.29) is 0 Å². The predicted octanol–water partition coefficient (Wildman–Crippen LogP) is 7.45.